The zero-order chi connectivity index (χ0) is 68.2. The van der Waals surface area contributed by atoms with E-state index in [1.165, 1.54) is 154 Å². The highest BCUT2D eigenvalue weighted by molar-refractivity contribution is 7.47. The number of phosphoric acid groups is 2. The fourth-order valence-electron chi connectivity index (χ4n) is 11.0. The van der Waals surface area contributed by atoms with E-state index in [0.29, 0.717) is 31.6 Å². The second-order valence-corrected chi connectivity index (χ2v) is 30.7. The van der Waals surface area contributed by atoms with Crippen LogP contribution in [0, 0.1) is 23.7 Å². The van der Waals surface area contributed by atoms with Gasteiger partial charge in [0.15, 0.2) is 12.2 Å². The SMILES string of the molecule is CCC(C)CCCCCCCCCCCCC(=O)O[C@H](COC(=O)CCCCCCCCC(C)CC)COP(=O)(O)OCC(O)COP(=O)(O)OC[C@@H](COC(=O)CCCCCCCCCC(C)C)OC(=O)CCCCCCCCCCCCCCCCCC(C)C. The molecule has 0 saturated heterocycles. The van der Waals surface area contributed by atoms with E-state index in [2.05, 4.69) is 55.4 Å². The van der Waals surface area contributed by atoms with E-state index in [0.717, 1.165) is 120 Å². The number of esters is 4. The monoisotopic (exact) mass is 1350 g/mol. The highest BCUT2D eigenvalue weighted by Crippen LogP contribution is 2.45. The molecule has 0 saturated carbocycles. The first-order valence-corrected chi connectivity index (χ1v) is 40.8. The molecule has 0 heterocycles. The normalized spacial score (nSPS) is 14.8. The largest absolute Gasteiger partial charge is 0.472 e. The third-order valence-corrected chi connectivity index (χ3v) is 19.4. The predicted octanol–water partition coefficient (Wildman–Crippen LogP) is 20.9. The Balaban J connectivity index is 5.23. The predicted molar refractivity (Wildman–Crippen MR) is 372 cm³/mol. The molecule has 92 heavy (non-hydrogen) atoms. The fraction of sp³-hybridized carbons (Fsp3) is 0.945. The maximum absolute atomic E-state index is 13.0. The Hall–Kier alpha value is -1.94. The molecule has 0 aliphatic heterocycles. The van der Waals surface area contributed by atoms with Gasteiger partial charge in [-0.25, -0.2) is 9.13 Å². The number of ether oxygens (including phenoxy) is 4. The average molecular weight is 1350 g/mol. The summed E-state index contributed by atoms with van der Waals surface area (Å²) in [6, 6.07) is 0. The molecule has 0 fully saturated rings. The maximum atomic E-state index is 13.0. The summed E-state index contributed by atoms with van der Waals surface area (Å²) in [6.45, 7) is 14.1. The van der Waals surface area contributed by atoms with Gasteiger partial charge < -0.3 is 33.8 Å². The van der Waals surface area contributed by atoms with E-state index >= 15 is 0 Å². The molecule has 5 unspecified atom stereocenters. The van der Waals surface area contributed by atoms with Crippen molar-refractivity contribution in [3.8, 4) is 0 Å². The first-order chi connectivity index (χ1) is 44.2. The molecule has 0 aromatic heterocycles. The molecule has 0 aromatic rings. The summed E-state index contributed by atoms with van der Waals surface area (Å²) in [4.78, 5) is 72.6. The first kappa shape index (κ1) is 90.1. The van der Waals surface area contributed by atoms with E-state index in [9.17, 15) is 43.2 Å². The molecule has 0 aliphatic carbocycles. The number of phosphoric ester groups is 2. The van der Waals surface area contributed by atoms with E-state index in [-0.39, 0.29) is 25.7 Å². The van der Waals surface area contributed by atoms with Crippen molar-refractivity contribution < 1.29 is 80.2 Å². The van der Waals surface area contributed by atoms with Crippen LogP contribution in [-0.4, -0.2) is 96.7 Å². The first-order valence-electron chi connectivity index (χ1n) is 37.8. The van der Waals surface area contributed by atoms with Crippen LogP contribution in [0.3, 0.4) is 0 Å². The lowest BCUT2D eigenvalue weighted by atomic mass is 9.99. The zero-order valence-electron chi connectivity index (χ0n) is 60.2. The summed E-state index contributed by atoms with van der Waals surface area (Å²) >= 11 is 0. The maximum Gasteiger partial charge on any atom is 0.472 e. The van der Waals surface area contributed by atoms with Crippen LogP contribution in [0.4, 0.5) is 0 Å². The van der Waals surface area contributed by atoms with Crippen molar-refractivity contribution in [3.63, 3.8) is 0 Å². The Labute approximate surface area is 562 Å². The smallest absolute Gasteiger partial charge is 0.462 e. The third-order valence-electron chi connectivity index (χ3n) is 17.5. The number of hydrogen-bond donors (Lipinski definition) is 3. The quantitative estimate of drug-likeness (QED) is 0.0222. The number of hydrogen-bond acceptors (Lipinski definition) is 15. The van der Waals surface area contributed by atoms with Gasteiger partial charge in [-0.05, 0) is 49.4 Å². The number of rotatable bonds is 70. The Morgan fingerprint density at radius 1 is 0.304 bits per heavy atom. The van der Waals surface area contributed by atoms with Crippen molar-refractivity contribution in [1.82, 2.24) is 0 Å². The molecule has 0 aromatic carbocycles. The molecule has 0 aliphatic rings. The lowest BCUT2D eigenvalue weighted by molar-refractivity contribution is -0.161. The van der Waals surface area contributed by atoms with Crippen molar-refractivity contribution in [2.24, 2.45) is 23.7 Å². The van der Waals surface area contributed by atoms with Crippen molar-refractivity contribution in [3.05, 3.63) is 0 Å². The molecule has 0 radical (unpaired) electrons. The van der Waals surface area contributed by atoms with Crippen LogP contribution < -0.4 is 0 Å². The van der Waals surface area contributed by atoms with Gasteiger partial charge in [0.05, 0.1) is 26.4 Å². The summed E-state index contributed by atoms with van der Waals surface area (Å²) in [5.41, 5.74) is 0. The van der Waals surface area contributed by atoms with Gasteiger partial charge in [-0.3, -0.25) is 37.3 Å². The van der Waals surface area contributed by atoms with E-state index in [1.807, 2.05) is 0 Å². The van der Waals surface area contributed by atoms with Gasteiger partial charge in [-0.15, -0.1) is 0 Å². The van der Waals surface area contributed by atoms with Gasteiger partial charge in [0.25, 0.3) is 0 Å². The van der Waals surface area contributed by atoms with Crippen LogP contribution in [-0.2, 0) is 65.4 Å². The third kappa shape index (κ3) is 64.1. The molecular weight excluding hydrogens is 1210 g/mol. The summed E-state index contributed by atoms with van der Waals surface area (Å²) in [7, 11) is -9.91. The zero-order valence-corrected chi connectivity index (χ0v) is 62.0. The molecule has 0 rings (SSSR count). The molecular formula is C73H142O17P2. The molecule has 7 atom stereocenters. The number of carbonyl (C=O) groups excluding carboxylic acids is 4. The van der Waals surface area contributed by atoms with Crippen LogP contribution in [0.2, 0.25) is 0 Å². The molecule has 17 nitrogen and oxygen atoms in total. The molecule has 546 valence electrons. The van der Waals surface area contributed by atoms with Crippen molar-refractivity contribution in [2.75, 3.05) is 39.6 Å². The van der Waals surface area contributed by atoms with Gasteiger partial charge in [0.1, 0.15) is 19.3 Å². The van der Waals surface area contributed by atoms with Gasteiger partial charge >= 0.3 is 39.5 Å². The highest BCUT2D eigenvalue weighted by atomic mass is 31.2. The van der Waals surface area contributed by atoms with Crippen LogP contribution in [0.15, 0.2) is 0 Å². The Bertz CT molecular complexity index is 1820. The summed E-state index contributed by atoms with van der Waals surface area (Å²) in [5.74, 6) is 0.914. The van der Waals surface area contributed by atoms with Crippen LogP contribution in [0.1, 0.15) is 364 Å². The fourth-order valence-corrected chi connectivity index (χ4v) is 12.5. The average Bonchev–Trinajstić information content (AvgIpc) is 2.33. The van der Waals surface area contributed by atoms with Crippen LogP contribution >= 0.6 is 15.6 Å². The van der Waals surface area contributed by atoms with Crippen molar-refractivity contribution in [1.29, 1.82) is 0 Å². The second kappa shape index (κ2) is 62.6. The Morgan fingerprint density at radius 2 is 0.522 bits per heavy atom. The second-order valence-electron chi connectivity index (χ2n) is 27.8. The topological polar surface area (TPSA) is 237 Å². The molecule has 0 amide bonds. The minimum atomic E-state index is -4.95. The minimum absolute atomic E-state index is 0.105. The Kier molecular flexibility index (Phi) is 61.3. The number of carbonyl (C=O) groups is 4. The van der Waals surface area contributed by atoms with E-state index in [4.69, 9.17) is 37.0 Å². The van der Waals surface area contributed by atoms with Gasteiger partial charge in [0, 0.05) is 25.7 Å². The van der Waals surface area contributed by atoms with Crippen molar-refractivity contribution >= 4 is 39.5 Å². The standard InChI is InChI=1S/C73H142O17P2/c1-9-65(7)51-43-35-27-21-18-19-23-29-40-48-56-73(78)90-69(60-84-71(76)54-46-38-32-31-36-44-52-66(8)10-2)62-88-92(81,82)86-58-67(74)57-85-91(79,80)87-61-68(59-83-70(75)53-45-37-30-24-26-34-42-50-64(5)6)89-72(77)55-47-39-28-22-17-15-13-11-12-14-16-20-25-33-41-49-63(3)4/h63-69,74H,9-62H2,1-8H3,(H,79,80)(H,81,82)/t65?,66?,67?,68-,69-/m1/s1. The number of unbranched alkanes of at least 4 members (excludes halogenated alkanes) is 34. The van der Waals surface area contributed by atoms with Gasteiger partial charge in [-0.1, -0.05) is 312 Å². The molecule has 0 bridgehead atoms. The van der Waals surface area contributed by atoms with E-state index in [1.54, 1.807) is 0 Å². The summed E-state index contributed by atoms with van der Waals surface area (Å²) in [5, 5.41) is 10.6. The molecule has 3 N–H and O–H groups in total. The highest BCUT2D eigenvalue weighted by Gasteiger charge is 2.30. The minimum Gasteiger partial charge on any atom is -0.462 e. The lowest BCUT2D eigenvalue weighted by Gasteiger charge is -2.21. The summed E-state index contributed by atoms with van der Waals surface area (Å²) in [6.07, 6.45) is 45.9. The van der Waals surface area contributed by atoms with Gasteiger partial charge in [0.2, 0.25) is 0 Å². The van der Waals surface area contributed by atoms with Gasteiger partial charge in [-0.2, -0.15) is 0 Å². The van der Waals surface area contributed by atoms with Crippen molar-refractivity contribution in [2.45, 2.75) is 382 Å². The molecule has 0 spiro atoms. The number of aliphatic hydroxyl groups excluding tert-OH is 1. The Morgan fingerprint density at radius 3 is 0.772 bits per heavy atom. The van der Waals surface area contributed by atoms with E-state index < -0.39 is 97.5 Å². The van der Waals surface area contributed by atoms with Crippen LogP contribution in [0.5, 0.6) is 0 Å². The lowest BCUT2D eigenvalue weighted by Crippen LogP contribution is -2.30. The van der Waals surface area contributed by atoms with Crippen LogP contribution in [0.25, 0.3) is 0 Å². The molecule has 19 heteroatoms. The summed E-state index contributed by atoms with van der Waals surface area (Å²) < 4.78 is 68.4. The number of aliphatic hydroxyl groups is 1.